The Kier molecular flexibility index (Phi) is 9.41. The fraction of sp³-hybridized carbons (Fsp3) is 0.267. The van der Waals surface area contributed by atoms with Gasteiger partial charge in [-0.05, 0) is 0 Å². The number of hydrogen-bond acceptors (Lipinski definition) is 1. The molecule has 1 aliphatic rings. The fourth-order valence-electron chi connectivity index (χ4n) is 1.44. The molecule has 0 spiro atoms. The Labute approximate surface area is 114 Å². The second-order valence-corrected chi connectivity index (χ2v) is 3.74. The van der Waals surface area contributed by atoms with Gasteiger partial charge in [-0.25, -0.2) is 12.1 Å². The first-order valence-electron chi connectivity index (χ1n) is 5.76. The van der Waals surface area contributed by atoms with Gasteiger partial charge in [0.05, 0.1) is 6.26 Å². The molecule has 1 aromatic rings. The molecule has 0 unspecified atom stereocenters. The summed E-state index contributed by atoms with van der Waals surface area (Å²) in [7, 11) is 0. The van der Waals surface area contributed by atoms with Gasteiger partial charge in [-0.15, -0.1) is 0 Å². The van der Waals surface area contributed by atoms with Crippen LogP contribution in [0.4, 0.5) is 0 Å². The molecule has 0 saturated carbocycles. The van der Waals surface area contributed by atoms with Crippen LogP contribution in [-0.2, 0) is 23.5 Å². The predicted molar refractivity (Wildman–Crippen MR) is 69.6 cm³/mol. The van der Waals surface area contributed by atoms with Crippen LogP contribution in [0.15, 0.2) is 60.4 Å². The molecule has 0 saturated heterocycles. The minimum atomic E-state index is 0. The van der Waals surface area contributed by atoms with E-state index in [4.69, 9.17) is 5.11 Å². The van der Waals surface area contributed by atoms with Crippen LogP contribution in [0, 0.1) is 0 Å². The maximum absolute atomic E-state index is 8.30. The third-order valence-electron chi connectivity index (χ3n) is 2.39. The van der Waals surface area contributed by atoms with Gasteiger partial charge in [0.15, 0.2) is 0 Å². The van der Waals surface area contributed by atoms with E-state index in [0.717, 1.165) is 11.8 Å². The van der Waals surface area contributed by atoms with Crippen LogP contribution in [-0.4, -0.2) is 5.11 Å². The summed E-state index contributed by atoms with van der Waals surface area (Å²) in [5, 5.41) is 8.30. The minimum absolute atomic E-state index is 0. The second kappa shape index (κ2) is 10.1. The van der Waals surface area contributed by atoms with Crippen molar-refractivity contribution in [1.29, 1.82) is 0 Å². The van der Waals surface area contributed by atoms with Gasteiger partial charge in [0.25, 0.3) is 0 Å². The maximum atomic E-state index is 8.30. The topological polar surface area (TPSA) is 20.2 Å². The Hall–Kier alpha value is -1.11. The normalized spacial score (nSPS) is 11.7. The van der Waals surface area contributed by atoms with E-state index in [-0.39, 0.29) is 17.1 Å². The summed E-state index contributed by atoms with van der Waals surface area (Å²) in [6.45, 7) is 2.23. The van der Waals surface area contributed by atoms with Gasteiger partial charge in [-0.2, -0.15) is 17.7 Å². The number of aliphatic hydroxyl groups is 1. The molecule has 2 rings (SSSR count). The summed E-state index contributed by atoms with van der Waals surface area (Å²) in [5.74, 6) is 0. The molecule has 0 aromatic heterocycles. The van der Waals surface area contributed by atoms with Gasteiger partial charge in [0.1, 0.15) is 0 Å². The van der Waals surface area contributed by atoms with Gasteiger partial charge < -0.3 is 5.11 Å². The molecule has 0 aliphatic heterocycles. The smallest absolute Gasteiger partial charge is 0.0864 e. The molecular weight excluding hydrogens is 252 g/mol. The van der Waals surface area contributed by atoms with Crippen LogP contribution >= 0.6 is 0 Å². The Balaban J connectivity index is 0.000000292. The summed E-state index contributed by atoms with van der Waals surface area (Å²) in [6, 6.07) is 8.58. The first-order chi connectivity index (χ1) is 7.86. The van der Waals surface area contributed by atoms with E-state index >= 15 is 0 Å². The number of aryl methyl sites for hydroxylation is 1. The molecule has 1 nitrogen and oxygen atoms in total. The largest absolute Gasteiger partial charge is 0.515 e. The van der Waals surface area contributed by atoms with E-state index < -0.39 is 0 Å². The summed E-state index contributed by atoms with van der Waals surface area (Å²) < 4.78 is 0. The Morgan fingerprint density at radius 2 is 1.76 bits per heavy atom. The van der Waals surface area contributed by atoms with Crippen molar-refractivity contribution in [2.24, 2.45) is 0 Å². The van der Waals surface area contributed by atoms with Gasteiger partial charge in [0.2, 0.25) is 0 Å². The van der Waals surface area contributed by atoms with Crippen LogP contribution in [0.2, 0.25) is 0 Å². The Morgan fingerprint density at radius 3 is 2.18 bits per heavy atom. The fourth-order valence-corrected chi connectivity index (χ4v) is 1.44. The summed E-state index contributed by atoms with van der Waals surface area (Å²) in [4.78, 5) is 0. The van der Waals surface area contributed by atoms with Crippen LogP contribution in [0.25, 0.3) is 0 Å². The molecule has 1 N–H and O–H groups in total. The van der Waals surface area contributed by atoms with Crippen molar-refractivity contribution in [3.05, 3.63) is 66.0 Å². The molecule has 2 heteroatoms. The van der Waals surface area contributed by atoms with Gasteiger partial charge in [-0.1, -0.05) is 50.5 Å². The van der Waals surface area contributed by atoms with Gasteiger partial charge in [-0.3, -0.25) is 0 Å². The molecule has 0 atom stereocenters. The SMILES string of the molecule is CCCC[c-]1cccc1.OC=C1C=CC=C1.[Fe]. The molecule has 0 fully saturated rings. The first kappa shape index (κ1) is 15.9. The van der Waals surface area contributed by atoms with Crippen LogP contribution in [0.3, 0.4) is 0 Å². The van der Waals surface area contributed by atoms with Crippen molar-refractivity contribution < 1.29 is 22.2 Å². The van der Waals surface area contributed by atoms with E-state index in [0.29, 0.717) is 0 Å². The van der Waals surface area contributed by atoms with E-state index in [1.807, 2.05) is 24.3 Å². The Morgan fingerprint density at radius 1 is 1.18 bits per heavy atom. The molecule has 1 aliphatic carbocycles. The summed E-state index contributed by atoms with van der Waals surface area (Å²) in [6.07, 6.45) is 12.4. The van der Waals surface area contributed by atoms with E-state index in [1.54, 1.807) is 0 Å². The maximum Gasteiger partial charge on any atom is 0.0864 e. The number of allylic oxidation sites excluding steroid dienone is 5. The third-order valence-corrected chi connectivity index (χ3v) is 2.39. The van der Waals surface area contributed by atoms with Crippen LogP contribution < -0.4 is 0 Å². The number of unbranched alkanes of at least 4 members (excludes halogenated alkanes) is 1. The third kappa shape index (κ3) is 6.93. The zero-order valence-corrected chi connectivity index (χ0v) is 11.2. The van der Waals surface area contributed by atoms with E-state index in [2.05, 4.69) is 31.2 Å². The number of aliphatic hydroxyl groups excluding tert-OH is 1. The zero-order valence-electron chi connectivity index (χ0n) is 10.1. The summed E-state index contributed by atoms with van der Waals surface area (Å²) in [5.41, 5.74) is 2.34. The zero-order chi connectivity index (χ0) is 11.6. The molecule has 1 aromatic carbocycles. The predicted octanol–water partition coefficient (Wildman–Crippen LogP) is 4.30. The van der Waals surface area contributed by atoms with Crippen molar-refractivity contribution >= 4 is 0 Å². The molecule has 0 amide bonds. The van der Waals surface area contributed by atoms with Crippen molar-refractivity contribution in [3.8, 4) is 0 Å². The number of rotatable bonds is 3. The van der Waals surface area contributed by atoms with Crippen LogP contribution in [0.1, 0.15) is 25.3 Å². The molecule has 0 radical (unpaired) electrons. The number of hydrogen-bond donors (Lipinski definition) is 1. The molecule has 17 heavy (non-hydrogen) atoms. The molecule has 0 heterocycles. The second-order valence-electron chi connectivity index (χ2n) is 3.74. The van der Waals surface area contributed by atoms with E-state index in [1.165, 1.54) is 24.8 Å². The first-order valence-corrected chi connectivity index (χ1v) is 5.76. The quantitative estimate of drug-likeness (QED) is 0.493. The summed E-state index contributed by atoms with van der Waals surface area (Å²) >= 11 is 0. The van der Waals surface area contributed by atoms with Gasteiger partial charge >= 0.3 is 0 Å². The average molecular weight is 271 g/mol. The molecule has 0 bridgehead atoms. The Bertz CT molecular complexity index is 344. The van der Waals surface area contributed by atoms with Gasteiger partial charge in [0, 0.05) is 22.6 Å². The van der Waals surface area contributed by atoms with Crippen molar-refractivity contribution in [2.45, 2.75) is 26.2 Å². The average Bonchev–Trinajstić information content (AvgIpc) is 3.00. The molecular formula is C15H19FeO-. The van der Waals surface area contributed by atoms with Crippen molar-refractivity contribution in [2.75, 3.05) is 0 Å². The standard InChI is InChI=1S/C9H13.C6H6O.Fe/c1-2-3-6-9-7-4-5-8-9;7-5-6-3-1-2-4-6;/h4-5,7-8H,2-3,6H2,1H3;1-5,7H;/q-1;;. The van der Waals surface area contributed by atoms with Crippen molar-refractivity contribution in [1.82, 2.24) is 0 Å². The minimum Gasteiger partial charge on any atom is -0.515 e. The van der Waals surface area contributed by atoms with E-state index in [9.17, 15) is 0 Å². The van der Waals surface area contributed by atoms with Crippen molar-refractivity contribution in [3.63, 3.8) is 0 Å². The monoisotopic (exact) mass is 271 g/mol. The molecule has 94 valence electrons. The van der Waals surface area contributed by atoms with Crippen LogP contribution in [0.5, 0.6) is 0 Å².